The summed E-state index contributed by atoms with van der Waals surface area (Å²) in [4.78, 5) is 10.3. The van der Waals surface area contributed by atoms with Crippen molar-refractivity contribution in [2.75, 3.05) is 0 Å². The Bertz CT molecular complexity index is 207. The van der Waals surface area contributed by atoms with Crippen molar-refractivity contribution in [3.8, 4) is 0 Å². The van der Waals surface area contributed by atoms with E-state index in [0.29, 0.717) is 6.42 Å². The molecular weight excluding hydrogens is 392 g/mol. The fourth-order valence-corrected chi connectivity index (χ4v) is 2.65. The molecule has 0 aliphatic rings. The molecule has 0 aliphatic heterocycles. The van der Waals surface area contributed by atoms with E-state index in [2.05, 4.69) is 6.92 Å². The molecule has 0 bridgehead atoms. The van der Waals surface area contributed by atoms with Gasteiger partial charge in [-0.1, -0.05) is 96.8 Å². The molecular formula is C18H36NdO2. The monoisotopic (exact) mass is 426 g/mol. The van der Waals surface area contributed by atoms with Crippen molar-refractivity contribution in [2.24, 2.45) is 0 Å². The fraction of sp³-hybridized carbons (Fsp3) is 0.944. The van der Waals surface area contributed by atoms with Gasteiger partial charge in [-0.3, -0.25) is 4.79 Å². The van der Waals surface area contributed by atoms with E-state index in [9.17, 15) is 4.79 Å². The Morgan fingerprint density at radius 2 is 0.905 bits per heavy atom. The molecule has 0 saturated carbocycles. The van der Waals surface area contributed by atoms with Crippen molar-refractivity contribution in [1.82, 2.24) is 0 Å². The first-order valence-electron chi connectivity index (χ1n) is 8.99. The standard InChI is InChI=1S/C18H36O2.Nd/c1-2-3-4-5-6-7-8-9-10-11-12-13-14-15-16-17-18(19)20;/h2-17H2,1H3,(H,19,20);. The zero-order valence-corrected chi connectivity index (χ0v) is 17.4. The summed E-state index contributed by atoms with van der Waals surface area (Å²) >= 11 is 0. The summed E-state index contributed by atoms with van der Waals surface area (Å²) in [6.45, 7) is 2.27. The van der Waals surface area contributed by atoms with E-state index in [-0.39, 0.29) is 40.8 Å². The topological polar surface area (TPSA) is 37.3 Å². The second-order valence-corrected chi connectivity index (χ2v) is 6.09. The predicted molar refractivity (Wildman–Crippen MR) is 87.2 cm³/mol. The summed E-state index contributed by atoms with van der Waals surface area (Å²) in [5.74, 6) is -0.653. The van der Waals surface area contributed by atoms with Gasteiger partial charge in [-0.25, -0.2) is 0 Å². The van der Waals surface area contributed by atoms with Crippen LogP contribution in [0.2, 0.25) is 0 Å². The number of aliphatic carboxylic acids is 1. The van der Waals surface area contributed by atoms with Crippen molar-refractivity contribution in [1.29, 1.82) is 0 Å². The van der Waals surface area contributed by atoms with Crippen molar-refractivity contribution in [3.63, 3.8) is 0 Å². The normalized spacial score (nSPS) is 10.3. The molecule has 0 amide bonds. The minimum absolute atomic E-state index is 0. The van der Waals surface area contributed by atoms with Crippen LogP contribution in [0.15, 0.2) is 0 Å². The van der Waals surface area contributed by atoms with Gasteiger partial charge in [0.05, 0.1) is 0 Å². The number of unbranched alkanes of at least 4 members (excludes halogenated alkanes) is 14. The molecule has 0 radical (unpaired) electrons. The summed E-state index contributed by atoms with van der Waals surface area (Å²) < 4.78 is 0. The summed E-state index contributed by atoms with van der Waals surface area (Å²) in [6, 6.07) is 0. The van der Waals surface area contributed by atoms with Gasteiger partial charge in [0.1, 0.15) is 0 Å². The molecule has 0 aliphatic carbocycles. The van der Waals surface area contributed by atoms with Gasteiger partial charge in [0.15, 0.2) is 0 Å². The molecule has 0 aromatic rings. The van der Waals surface area contributed by atoms with E-state index in [0.717, 1.165) is 12.8 Å². The zero-order chi connectivity index (χ0) is 14.9. The Kier molecular flexibility index (Phi) is 23.9. The fourth-order valence-electron chi connectivity index (χ4n) is 2.65. The van der Waals surface area contributed by atoms with Gasteiger partial charge < -0.3 is 5.11 Å². The van der Waals surface area contributed by atoms with Gasteiger partial charge in [-0.15, -0.1) is 0 Å². The number of hydrogen-bond donors (Lipinski definition) is 1. The number of carboxylic acids is 1. The molecule has 124 valence electrons. The van der Waals surface area contributed by atoms with E-state index >= 15 is 0 Å². The first-order valence-corrected chi connectivity index (χ1v) is 8.99. The van der Waals surface area contributed by atoms with Crippen LogP contribution in [0, 0.1) is 40.8 Å². The molecule has 0 aromatic heterocycles. The third-order valence-corrected chi connectivity index (χ3v) is 3.99. The van der Waals surface area contributed by atoms with Crippen LogP contribution in [0.4, 0.5) is 0 Å². The average Bonchev–Trinajstić information content (AvgIpc) is 2.43. The maximum absolute atomic E-state index is 10.3. The quantitative estimate of drug-likeness (QED) is 0.292. The van der Waals surface area contributed by atoms with Gasteiger partial charge in [0, 0.05) is 47.3 Å². The third-order valence-electron chi connectivity index (χ3n) is 3.99. The van der Waals surface area contributed by atoms with E-state index in [4.69, 9.17) is 5.11 Å². The molecule has 2 nitrogen and oxygen atoms in total. The molecule has 3 heteroatoms. The van der Waals surface area contributed by atoms with Crippen LogP contribution in [-0.4, -0.2) is 11.1 Å². The van der Waals surface area contributed by atoms with Crippen LogP contribution in [-0.2, 0) is 4.79 Å². The van der Waals surface area contributed by atoms with E-state index < -0.39 is 5.97 Å². The van der Waals surface area contributed by atoms with Gasteiger partial charge in [-0.05, 0) is 6.42 Å². The molecule has 0 heterocycles. The van der Waals surface area contributed by atoms with E-state index in [1.807, 2.05) is 0 Å². The number of carboxylic acid groups (broad SMARTS) is 1. The van der Waals surface area contributed by atoms with Crippen LogP contribution in [0.1, 0.15) is 110 Å². The Balaban J connectivity index is 0. The molecule has 0 fully saturated rings. The molecule has 0 aromatic carbocycles. The van der Waals surface area contributed by atoms with E-state index in [1.165, 1.54) is 83.5 Å². The second kappa shape index (κ2) is 20.8. The Labute approximate surface area is 165 Å². The third kappa shape index (κ3) is 23.2. The number of rotatable bonds is 16. The summed E-state index contributed by atoms with van der Waals surface area (Å²) in [7, 11) is 0. The predicted octanol–water partition coefficient (Wildman–Crippen LogP) is 6.33. The number of carbonyl (C=O) groups is 1. The summed E-state index contributed by atoms with van der Waals surface area (Å²) in [5.41, 5.74) is 0. The van der Waals surface area contributed by atoms with Crippen LogP contribution in [0.5, 0.6) is 0 Å². The molecule has 0 rings (SSSR count). The molecule has 0 saturated heterocycles. The van der Waals surface area contributed by atoms with Crippen LogP contribution >= 0.6 is 0 Å². The van der Waals surface area contributed by atoms with Gasteiger partial charge in [0.2, 0.25) is 0 Å². The smallest absolute Gasteiger partial charge is 0.303 e. The van der Waals surface area contributed by atoms with Gasteiger partial charge in [-0.2, -0.15) is 0 Å². The minimum Gasteiger partial charge on any atom is -0.481 e. The van der Waals surface area contributed by atoms with Gasteiger partial charge >= 0.3 is 5.97 Å². The van der Waals surface area contributed by atoms with Crippen molar-refractivity contribution < 1.29 is 50.7 Å². The molecule has 0 unspecified atom stereocenters. The average molecular weight is 429 g/mol. The maximum atomic E-state index is 10.3. The Morgan fingerprint density at radius 3 is 1.19 bits per heavy atom. The van der Waals surface area contributed by atoms with Crippen LogP contribution in [0.3, 0.4) is 0 Å². The van der Waals surface area contributed by atoms with Crippen LogP contribution < -0.4 is 0 Å². The Hall–Kier alpha value is 0.821. The zero-order valence-electron chi connectivity index (χ0n) is 14.2. The first-order chi connectivity index (χ1) is 9.77. The van der Waals surface area contributed by atoms with Crippen molar-refractivity contribution in [2.45, 2.75) is 110 Å². The summed E-state index contributed by atoms with van der Waals surface area (Å²) in [5, 5.41) is 8.52. The summed E-state index contributed by atoms with van der Waals surface area (Å²) in [6.07, 6.45) is 20.2. The molecule has 21 heavy (non-hydrogen) atoms. The number of hydrogen-bond acceptors (Lipinski definition) is 1. The van der Waals surface area contributed by atoms with E-state index in [1.54, 1.807) is 0 Å². The minimum atomic E-state index is -0.653. The first kappa shape index (κ1) is 24.1. The van der Waals surface area contributed by atoms with Gasteiger partial charge in [0.25, 0.3) is 0 Å². The largest absolute Gasteiger partial charge is 0.481 e. The molecule has 0 atom stereocenters. The molecule has 1 N–H and O–H groups in total. The Morgan fingerprint density at radius 1 is 0.619 bits per heavy atom. The SMILES string of the molecule is CCCCCCCCCCCCCCCCCC(=O)O.[Nd]. The van der Waals surface area contributed by atoms with Crippen molar-refractivity contribution in [3.05, 3.63) is 0 Å². The maximum Gasteiger partial charge on any atom is 0.303 e. The second-order valence-electron chi connectivity index (χ2n) is 6.09. The van der Waals surface area contributed by atoms with Crippen molar-refractivity contribution >= 4 is 5.97 Å². The van der Waals surface area contributed by atoms with Crippen LogP contribution in [0.25, 0.3) is 0 Å². The molecule has 0 spiro atoms.